The van der Waals surface area contributed by atoms with Crippen LogP contribution in [0.5, 0.6) is 11.5 Å². The van der Waals surface area contributed by atoms with Gasteiger partial charge >= 0.3 is 0 Å². The molecule has 5 nitrogen and oxygen atoms in total. The fourth-order valence-corrected chi connectivity index (χ4v) is 4.13. The molecule has 1 N–H and O–H groups in total. The van der Waals surface area contributed by atoms with Crippen molar-refractivity contribution in [1.82, 2.24) is 0 Å². The van der Waals surface area contributed by atoms with E-state index in [0.717, 1.165) is 18.5 Å². The predicted octanol–water partition coefficient (Wildman–Crippen LogP) is 2.08. The van der Waals surface area contributed by atoms with Gasteiger partial charge in [-0.25, -0.2) is 8.42 Å². The SMILES string of the molecule is COc1ccc(OC)c(NC2CCCC2S(C)(=O)=O)c1. The number of anilines is 1. The van der Waals surface area contributed by atoms with Gasteiger partial charge in [-0.1, -0.05) is 0 Å². The Morgan fingerprint density at radius 1 is 1.20 bits per heavy atom. The van der Waals surface area contributed by atoms with Gasteiger partial charge in [-0.2, -0.15) is 0 Å². The molecule has 0 radical (unpaired) electrons. The predicted molar refractivity (Wildman–Crippen MR) is 79.4 cm³/mol. The van der Waals surface area contributed by atoms with E-state index in [9.17, 15) is 8.42 Å². The number of hydrogen-bond donors (Lipinski definition) is 1. The molecule has 0 bridgehead atoms. The van der Waals surface area contributed by atoms with Crippen LogP contribution < -0.4 is 14.8 Å². The lowest BCUT2D eigenvalue weighted by molar-refractivity contribution is 0.404. The number of rotatable bonds is 5. The van der Waals surface area contributed by atoms with Gasteiger partial charge in [0, 0.05) is 18.4 Å². The van der Waals surface area contributed by atoms with Gasteiger partial charge in [0.1, 0.15) is 11.5 Å². The first-order valence-corrected chi connectivity index (χ1v) is 8.58. The molecule has 0 aromatic heterocycles. The van der Waals surface area contributed by atoms with E-state index in [2.05, 4.69) is 5.32 Å². The average Bonchev–Trinajstić information content (AvgIpc) is 2.86. The summed E-state index contributed by atoms with van der Waals surface area (Å²) in [5.41, 5.74) is 0.771. The quantitative estimate of drug-likeness (QED) is 0.902. The van der Waals surface area contributed by atoms with Crippen LogP contribution in [-0.2, 0) is 9.84 Å². The summed E-state index contributed by atoms with van der Waals surface area (Å²) in [5.74, 6) is 1.40. The molecule has 2 atom stereocenters. The van der Waals surface area contributed by atoms with Gasteiger partial charge in [-0.15, -0.1) is 0 Å². The van der Waals surface area contributed by atoms with Crippen LogP contribution in [0.2, 0.25) is 0 Å². The molecule has 0 amide bonds. The minimum absolute atomic E-state index is 0.0778. The lowest BCUT2D eigenvalue weighted by Crippen LogP contribution is -2.34. The average molecular weight is 299 g/mol. The summed E-state index contributed by atoms with van der Waals surface area (Å²) in [5, 5.41) is 2.97. The van der Waals surface area contributed by atoms with Crippen molar-refractivity contribution in [3.05, 3.63) is 18.2 Å². The van der Waals surface area contributed by atoms with Gasteiger partial charge in [0.2, 0.25) is 0 Å². The van der Waals surface area contributed by atoms with E-state index in [4.69, 9.17) is 9.47 Å². The minimum Gasteiger partial charge on any atom is -0.497 e. The molecule has 6 heteroatoms. The zero-order valence-electron chi connectivity index (χ0n) is 12.0. The van der Waals surface area contributed by atoms with Gasteiger partial charge in [-0.05, 0) is 31.4 Å². The van der Waals surface area contributed by atoms with Crippen LogP contribution in [0.25, 0.3) is 0 Å². The summed E-state index contributed by atoms with van der Waals surface area (Å²) < 4.78 is 34.1. The van der Waals surface area contributed by atoms with Gasteiger partial charge in [0.15, 0.2) is 9.84 Å². The number of benzene rings is 1. The number of hydrogen-bond acceptors (Lipinski definition) is 5. The van der Waals surface area contributed by atoms with Crippen LogP contribution >= 0.6 is 0 Å². The Bertz CT molecular complexity index is 571. The molecule has 20 heavy (non-hydrogen) atoms. The van der Waals surface area contributed by atoms with E-state index >= 15 is 0 Å². The molecule has 1 aromatic carbocycles. The van der Waals surface area contributed by atoms with Crippen molar-refractivity contribution in [1.29, 1.82) is 0 Å². The fourth-order valence-electron chi connectivity index (χ4n) is 2.73. The van der Waals surface area contributed by atoms with Gasteiger partial charge in [0.05, 0.1) is 25.2 Å². The van der Waals surface area contributed by atoms with Crippen LogP contribution in [0.15, 0.2) is 18.2 Å². The van der Waals surface area contributed by atoms with Crippen LogP contribution in [-0.4, -0.2) is 40.2 Å². The Balaban J connectivity index is 2.24. The largest absolute Gasteiger partial charge is 0.497 e. The Labute approximate surface area is 120 Å². The monoisotopic (exact) mass is 299 g/mol. The lowest BCUT2D eigenvalue weighted by atomic mass is 10.2. The molecular formula is C14H21NO4S. The molecule has 112 valence electrons. The molecule has 2 rings (SSSR count). The van der Waals surface area contributed by atoms with Crippen LogP contribution in [0.3, 0.4) is 0 Å². The second kappa shape index (κ2) is 5.91. The molecule has 0 spiro atoms. The maximum Gasteiger partial charge on any atom is 0.152 e. The zero-order chi connectivity index (χ0) is 14.8. The van der Waals surface area contributed by atoms with Gasteiger partial charge < -0.3 is 14.8 Å². The van der Waals surface area contributed by atoms with Crippen molar-refractivity contribution >= 4 is 15.5 Å². The molecule has 1 aromatic rings. The smallest absolute Gasteiger partial charge is 0.152 e. The lowest BCUT2D eigenvalue weighted by Gasteiger charge is -2.22. The molecule has 1 aliphatic carbocycles. The maximum atomic E-state index is 11.8. The van der Waals surface area contributed by atoms with E-state index in [1.165, 1.54) is 6.26 Å². The summed E-state index contributed by atoms with van der Waals surface area (Å²) in [6.45, 7) is 0. The third kappa shape index (κ3) is 3.17. The molecule has 1 saturated carbocycles. The van der Waals surface area contributed by atoms with E-state index in [1.54, 1.807) is 14.2 Å². The molecular weight excluding hydrogens is 278 g/mol. The molecule has 0 aliphatic heterocycles. The fraction of sp³-hybridized carbons (Fsp3) is 0.571. The van der Waals surface area contributed by atoms with E-state index in [-0.39, 0.29) is 11.3 Å². The van der Waals surface area contributed by atoms with Crippen molar-refractivity contribution in [2.45, 2.75) is 30.6 Å². The van der Waals surface area contributed by atoms with Crippen LogP contribution in [0, 0.1) is 0 Å². The van der Waals surface area contributed by atoms with Crippen LogP contribution in [0.1, 0.15) is 19.3 Å². The van der Waals surface area contributed by atoms with Crippen molar-refractivity contribution in [2.75, 3.05) is 25.8 Å². The third-order valence-corrected chi connectivity index (χ3v) is 5.41. The van der Waals surface area contributed by atoms with E-state index < -0.39 is 9.84 Å². The van der Waals surface area contributed by atoms with E-state index in [0.29, 0.717) is 17.9 Å². The molecule has 1 fully saturated rings. The first kappa shape index (κ1) is 15.0. The van der Waals surface area contributed by atoms with Gasteiger partial charge in [-0.3, -0.25) is 0 Å². The summed E-state index contributed by atoms with van der Waals surface area (Å²) in [7, 11) is 0.149. The summed E-state index contributed by atoms with van der Waals surface area (Å²) in [6.07, 6.45) is 3.78. The van der Waals surface area contributed by atoms with Gasteiger partial charge in [0.25, 0.3) is 0 Å². The molecule has 0 saturated heterocycles. The number of methoxy groups -OCH3 is 2. The Morgan fingerprint density at radius 3 is 2.55 bits per heavy atom. The van der Waals surface area contributed by atoms with Crippen molar-refractivity contribution < 1.29 is 17.9 Å². The minimum atomic E-state index is -3.04. The first-order valence-electron chi connectivity index (χ1n) is 6.63. The number of sulfone groups is 1. The summed E-state index contributed by atoms with van der Waals surface area (Å²) in [4.78, 5) is 0. The zero-order valence-corrected chi connectivity index (χ0v) is 12.9. The van der Waals surface area contributed by atoms with E-state index in [1.807, 2.05) is 18.2 Å². The summed E-state index contributed by atoms with van der Waals surface area (Å²) in [6, 6.07) is 5.38. The van der Waals surface area contributed by atoms with Crippen molar-refractivity contribution in [2.24, 2.45) is 0 Å². The second-order valence-electron chi connectivity index (χ2n) is 5.12. The first-order chi connectivity index (χ1) is 9.45. The normalized spacial score (nSPS) is 22.6. The summed E-state index contributed by atoms with van der Waals surface area (Å²) >= 11 is 0. The molecule has 0 heterocycles. The maximum absolute atomic E-state index is 11.8. The van der Waals surface area contributed by atoms with Crippen molar-refractivity contribution in [3.63, 3.8) is 0 Å². The standard InChI is InChI=1S/C14H21NO4S/c1-18-10-7-8-13(19-2)12(9-10)15-11-5-4-6-14(11)20(3,16)17/h7-9,11,14-15H,4-6H2,1-3H3. The second-order valence-corrected chi connectivity index (χ2v) is 7.38. The molecule has 2 unspecified atom stereocenters. The van der Waals surface area contributed by atoms with Crippen LogP contribution in [0.4, 0.5) is 5.69 Å². The number of nitrogens with one attached hydrogen (secondary N) is 1. The van der Waals surface area contributed by atoms with Crippen molar-refractivity contribution in [3.8, 4) is 11.5 Å². The topological polar surface area (TPSA) is 64.6 Å². The highest BCUT2D eigenvalue weighted by Gasteiger charge is 2.35. The number of ether oxygens (including phenoxy) is 2. The highest BCUT2D eigenvalue weighted by Crippen LogP contribution is 2.33. The third-order valence-electron chi connectivity index (χ3n) is 3.75. The highest BCUT2D eigenvalue weighted by molar-refractivity contribution is 7.91. The highest BCUT2D eigenvalue weighted by atomic mass is 32.2. The molecule has 1 aliphatic rings. The Kier molecular flexibility index (Phi) is 4.42. The Morgan fingerprint density at radius 2 is 1.95 bits per heavy atom. The Hall–Kier alpha value is -1.43.